The number of pyridine rings is 1. The van der Waals surface area contributed by atoms with Gasteiger partial charge >= 0.3 is 0 Å². The SMILES string of the molecule is Cc1cccc2ncc(C(=O)N3Cc4nnc(-c5ccccc5)n4[C@@H](C)C3)c(=O)n12. The van der Waals surface area contributed by atoms with Crippen LogP contribution in [0.2, 0.25) is 0 Å². The fourth-order valence-electron chi connectivity index (χ4n) is 4.06. The van der Waals surface area contributed by atoms with Gasteiger partial charge in [0.1, 0.15) is 11.2 Å². The Morgan fingerprint density at radius 2 is 1.87 bits per heavy atom. The highest BCUT2D eigenvalue weighted by Gasteiger charge is 2.31. The summed E-state index contributed by atoms with van der Waals surface area (Å²) in [6, 6.07) is 15.2. The third-order valence-corrected chi connectivity index (χ3v) is 5.50. The Morgan fingerprint density at radius 1 is 1.07 bits per heavy atom. The second-order valence-corrected chi connectivity index (χ2v) is 7.55. The van der Waals surface area contributed by atoms with Gasteiger partial charge in [0.15, 0.2) is 11.6 Å². The van der Waals surface area contributed by atoms with Gasteiger partial charge in [-0.2, -0.15) is 0 Å². The molecule has 1 aliphatic rings. The van der Waals surface area contributed by atoms with E-state index in [1.54, 1.807) is 11.0 Å². The minimum atomic E-state index is -0.354. The molecule has 0 N–H and O–H groups in total. The number of carbonyl (C=O) groups excluding carboxylic acids is 1. The van der Waals surface area contributed by atoms with Crippen LogP contribution in [0.4, 0.5) is 0 Å². The minimum Gasteiger partial charge on any atom is -0.329 e. The Labute approximate surface area is 172 Å². The number of aromatic nitrogens is 5. The molecule has 4 aromatic rings. The number of benzene rings is 1. The monoisotopic (exact) mass is 400 g/mol. The Bertz CT molecular complexity index is 1320. The van der Waals surface area contributed by atoms with E-state index in [2.05, 4.69) is 19.7 Å². The van der Waals surface area contributed by atoms with E-state index >= 15 is 0 Å². The van der Waals surface area contributed by atoms with Crippen LogP contribution in [0, 0.1) is 6.92 Å². The summed E-state index contributed by atoms with van der Waals surface area (Å²) in [6.45, 7) is 4.59. The van der Waals surface area contributed by atoms with Crippen molar-refractivity contribution < 1.29 is 4.79 Å². The number of aryl methyl sites for hydroxylation is 1. The van der Waals surface area contributed by atoms with Crippen LogP contribution >= 0.6 is 0 Å². The van der Waals surface area contributed by atoms with Crippen LogP contribution in [0.25, 0.3) is 17.0 Å². The number of nitrogens with zero attached hydrogens (tertiary/aromatic N) is 6. The van der Waals surface area contributed by atoms with Gasteiger partial charge in [-0.3, -0.25) is 14.0 Å². The van der Waals surface area contributed by atoms with E-state index < -0.39 is 0 Å². The summed E-state index contributed by atoms with van der Waals surface area (Å²) >= 11 is 0. The second-order valence-electron chi connectivity index (χ2n) is 7.55. The lowest BCUT2D eigenvalue weighted by Gasteiger charge is -2.32. The van der Waals surface area contributed by atoms with Gasteiger partial charge in [0, 0.05) is 24.0 Å². The van der Waals surface area contributed by atoms with E-state index in [4.69, 9.17) is 0 Å². The zero-order valence-corrected chi connectivity index (χ0v) is 16.7. The van der Waals surface area contributed by atoms with Crippen molar-refractivity contribution in [1.82, 2.24) is 29.0 Å². The summed E-state index contributed by atoms with van der Waals surface area (Å²) in [5, 5.41) is 8.67. The first kappa shape index (κ1) is 18.2. The Kier molecular flexibility index (Phi) is 4.20. The fraction of sp³-hybridized carbons (Fsp3) is 0.227. The smallest absolute Gasteiger partial charge is 0.270 e. The minimum absolute atomic E-state index is 0.0270. The van der Waals surface area contributed by atoms with E-state index in [9.17, 15) is 9.59 Å². The average molecular weight is 400 g/mol. The molecule has 0 aliphatic carbocycles. The molecule has 1 aromatic carbocycles. The highest BCUT2D eigenvalue weighted by atomic mass is 16.2. The van der Waals surface area contributed by atoms with Gasteiger partial charge < -0.3 is 9.47 Å². The zero-order chi connectivity index (χ0) is 20.8. The molecule has 8 heteroatoms. The quantitative estimate of drug-likeness (QED) is 0.516. The molecule has 4 heterocycles. The molecule has 0 spiro atoms. The maximum Gasteiger partial charge on any atom is 0.270 e. The molecule has 0 unspecified atom stereocenters. The van der Waals surface area contributed by atoms with Crippen LogP contribution in [0.1, 0.15) is 34.8 Å². The van der Waals surface area contributed by atoms with Gasteiger partial charge in [0.25, 0.3) is 11.5 Å². The number of hydrogen-bond donors (Lipinski definition) is 0. The standard InChI is InChI=1S/C22H20N6O2/c1-14-7-6-10-18-23-11-17(22(30)28(14)18)21(29)26-12-15(2)27-19(13-26)24-25-20(27)16-8-4-3-5-9-16/h3-11,15H,12-13H2,1-2H3/t15-/m0/s1. The van der Waals surface area contributed by atoms with E-state index in [0.29, 0.717) is 24.6 Å². The number of carbonyl (C=O) groups is 1. The number of amides is 1. The molecule has 8 nitrogen and oxygen atoms in total. The lowest BCUT2D eigenvalue weighted by molar-refractivity contribution is 0.0679. The van der Waals surface area contributed by atoms with E-state index in [1.165, 1.54) is 10.6 Å². The molecule has 3 aromatic heterocycles. The summed E-state index contributed by atoms with van der Waals surface area (Å²) in [7, 11) is 0. The highest BCUT2D eigenvalue weighted by molar-refractivity contribution is 5.93. The van der Waals surface area contributed by atoms with Gasteiger partial charge in [-0.05, 0) is 26.0 Å². The van der Waals surface area contributed by atoms with Gasteiger partial charge in [0.2, 0.25) is 0 Å². The molecular formula is C22H20N6O2. The topological polar surface area (TPSA) is 85.4 Å². The summed E-state index contributed by atoms with van der Waals surface area (Å²) in [4.78, 5) is 32.2. The molecule has 5 rings (SSSR count). The third kappa shape index (κ3) is 2.80. The summed E-state index contributed by atoms with van der Waals surface area (Å²) in [5.74, 6) is 1.15. The van der Waals surface area contributed by atoms with Crippen LogP contribution in [-0.2, 0) is 6.54 Å². The summed E-state index contributed by atoms with van der Waals surface area (Å²) in [5.41, 5.74) is 1.95. The first-order valence-corrected chi connectivity index (χ1v) is 9.80. The Morgan fingerprint density at radius 3 is 2.67 bits per heavy atom. The fourth-order valence-corrected chi connectivity index (χ4v) is 4.06. The van der Waals surface area contributed by atoms with Gasteiger partial charge in [-0.25, -0.2) is 4.98 Å². The molecule has 1 amide bonds. The Hall–Kier alpha value is -3.81. The molecule has 150 valence electrons. The summed E-state index contributed by atoms with van der Waals surface area (Å²) < 4.78 is 3.53. The second kappa shape index (κ2) is 6.91. The van der Waals surface area contributed by atoms with Crippen LogP contribution in [-0.4, -0.2) is 41.5 Å². The Balaban J connectivity index is 1.51. The van der Waals surface area contributed by atoms with Crippen LogP contribution in [0.15, 0.2) is 59.5 Å². The van der Waals surface area contributed by atoms with Crippen molar-refractivity contribution in [1.29, 1.82) is 0 Å². The molecule has 0 bridgehead atoms. The molecular weight excluding hydrogens is 380 g/mol. The van der Waals surface area contributed by atoms with Crippen LogP contribution in [0.5, 0.6) is 0 Å². The number of rotatable bonds is 2. The van der Waals surface area contributed by atoms with Gasteiger partial charge in [-0.15, -0.1) is 10.2 Å². The normalized spacial score (nSPS) is 15.9. The van der Waals surface area contributed by atoms with Gasteiger partial charge in [-0.1, -0.05) is 36.4 Å². The van der Waals surface area contributed by atoms with Crippen molar-refractivity contribution in [2.45, 2.75) is 26.4 Å². The lowest BCUT2D eigenvalue weighted by atomic mass is 10.1. The van der Waals surface area contributed by atoms with Crippen molar-refractivity contribution in [3.63, 3.8) is 0 Å². The van der Waals surface area contributed by atoms with Crippen molar-refractivity contribution in [3.8, 4) is 11.4 Å². The molecule has 1 aliphatic heterocycles. The maximum atomic E-state index is 13.2. The van der Waals surface area contributed by atoms with Gasteiger partial charge in [0.05, 0.1) is 12.6 Å². The molecule has 0 radical (unpaired) electrons. The number of fused-ring (bicyclic) bond motifs is 2. The molecule has 0 saturated carbocycles. The summed E-state index contributed by atoms with van der Waals surface area (Å²) in [6.07, 6.45) is 1.37. The van der Waals surface area contributed by atoms with Crippen molar-refractivity contribution in [3.05, 3.63) is 82.2 Å². The van der Waals surface area contributed by atoms with E-state index in [0.717, 1.165) is 17.1 Å². The van der Waals surface area contributed by atoms with E-state index in [1.807, 2.05) is 56.3 Å². The van der Waals surface area contributed by atoms with Crippen molar-refractivity contribution >= 4 is 11.6 Å². The number of hydrogen-bond acceptors (Lipinski definition) is 5. The molecule has 30 heavy (non-hydrogen) atoms. The van der Waals surface area contributed by atoms with E-state index in [-0.39, 0.29) is 23.1 Å². The van der Waals surface area contributed by atoms with Crippen molar-refractivity contribution in [2.24, 2.45) is 0 Å². The predicted octanol–water partition coefficient (Wildman–Crippen LogP) is 2.48. The van der Waals surface area contributed by atoms with Crippen LogP contribution < -0.4 is 5.56 Å². The zero-order valence-electron chi connectivity index (χ0n) is 16.7. The molecule has 0 fully saturated rings. The lowest BCUT2D eigenvalue weighted by Crippen LogP contribution is -2.42. The largest absolute Gasteiger partial charge is 0.329 e. The molecule has 1 atom stereocenters. The van der Waals surface area contributed by atoms with Crippen molar-refractivity contribution in [2.75, 3.05) is 6.54 Å². The average Bonchev–Trinajstić information content (AvgIpc) is 3.19. The first-order chi connectivity index (χ1) is 14.5. The maximum absolute atomic E-state index is 13.2. The van der Waals surface area contributed by atoms with Crippen LogP contribution in [0.3, 0.4) is 0 Å². The molecule has 0 saturated heterocycles. The predicted molar refractivity (Wildman–Crippen MR) is 111 cm³/mol. The highest BCUT2D eigenvalue weighted by Crippen LogP contribution is 2.27. The first-order valence-electron chi connectivity index (χ1n) is 9.80. The third-order valence-electron chi connectivity index (χ3n) is 5.50.